The lowest BCUT2D eigenvalue weighted by Gasteiger charge is -2.13. The van der Waals surface area contributed by atoms with Gasteiger partial charge in [0.05, 0.1) is 31.8 Å². The number of hydrogen-bond donors (Lipinski definition) is 1. The van der Waals surface area contributed by atoms with Crippen LogP contribution in [0.2, 0.25) is 0 Å². The van der Waals surface area contributed by atoms with E-state index in [1.165, 1.54) is 7.11 Å². The first-order valence-corrected chi connectivity index (χ1v) is 9.01. The van der Waals surface area contributed by atoms with Gasteiger partial charge < -0.3 is 13.7 Å². The lowest BCUT2D eigenvalue weighted by Crippen LogP contribution is -2.03. The maximum Gasteiger partial charge on any atom is 0.357 e. The highest BCUT2D eigenvalue weighted by Gasteiger charge is 2.15. The summed E-state index contributed by atoms with van der Waals surface area (Å²) in [5.41, 5.74) is 4.26. The lowest BCUT2D eigenvalue weighted by atomic mass is 10.1. The second-order valence-corrected chi connectivity index (χ2v) is 6.39. The molecule has 0 fully saturated rings. The molecule has 0 aliphatic carbocycles. The zero-order valence-electron chi connectivity index (χ0n) is 15.3. The van der Waals surface area contributed by atoms with Crippen LogP contribution in [0.1, 0.15) is 11.1 Å². The third kappa shape index (κ3) is 3.79. The van der Waals surface area contributed by atoms with E-state index in [0.29, 0.717) is 17.0 Å². The predicted octanol–water partition coefficient (Wildman–Crippen LogP) is 3.08. The van der Waals surface area contributed by atoms with Gasteiger partial charge in [0, 0.05) is 11.6 Å². The van der Waals surface area contributed by atoms with Crippen LogP contribution in [-0.4, -0.2) is 38.0 Å². The van der Waals surface area contributed by atoms with Gasteiger partial charge in [-0.2, -0.15) is 4.21 Å². The van der Waals surface area contributed by atoms with Crippen LogP contribution in [0.5, 0.6) is 17.2 Å². The van der Waals surface area contributed by atoms with Gasteiger partial charge in [-0.05, 0) is 49.2 Å². The van der Waals surface area contributed by atoms with Gasteiger partial charge in [-0.15, -0.1) is 5.10 Å². The van der Waals surface area contributed by atoms with Crippen LogP contribution in [0.15, 0.2) is 36.5 Å². The van der Waals surface area contributed by atoms with E-state index in [4.69, 9.17) is 18.2 Å². The molecule has 1 heterocycles. The molecular formula is C18H19N3O5S. The zero-order chi connectivity index (χ0) is 19.6. The van der Waals surface area contributed by atoms with E-state index in [1.54, 1.807) is 36.2 Å². The van der Waals surface area contributed by atoms with Crippen LogP contribution in [0.25, 0.3) is 16.9 Å². The van der Waals surface area contributed by atoms with Gasteiger partial charge in [0.2, 0.25) is 0 Å². The van der Waals surface area contributed by atoms with Gasteiger partial charge >= 0.3 is 11.4 Å². The summed E-state index contributed by atoms with van der Waals surface area (Å²) in [6.07, 6.45) is 1.60. The Morgan fingerprint density at radius 1 is 1.04 bits per heavy atom. The summed E-state index contributed by atoms with van der Waals surface area (Å²) in [5, 5.41) is 8.18. The molecule has 1 unspecified atom stereocenters. The summed E-state index contributed by atoms with van der Waals surface area (Å²) in [6.45, 7) is 3.98. The van der Waals surface area contributed by atoms with Crippen LogP contribution in [0.4, 0.5) is 0 Å². The molecule has 2 aromatic carbocycles. The Balaban J connectivity index is 2.11. The van der Waals surface area contributed by atoms with Crippen LogP contribution >= 0.6 is 0 Å². The summed E-state index contributed by atoms with van der Waals surface area (Å²) in [5.74, 6) is 1.23. The van der Waals surface area contributed by atoms with E-state index >= 15 is 0 Å². The van der Waals surface area contributed by atoms with Crippen molar-refractivity contribution in [1.29, 1.82) is 0 Å². The van der Waals surface area contributed by atoms with Crippen molar-refractivity contribution in [3.8, 4) is 34.2 Å². The number of benzene rings is 2. The maximum absolute atomic E-state index is 11.1. The predicted molar refractivity (Wildman–Crippen MR) is 101 cm³/mol. The van der Waals surface area contributed by atoms with E-state index in [2.05, 4.69) is 10.3 Å². The number of aryl methyl sites for hydroxylation is 1. The Kier molecular flexibility index (Phi) is 5.43. The molecule has 1 atom stereocenters. The number of ether oxygens (including phenoxy) is 2. The van der Waals surface area contributed by atoms with Crippen LogP contribution in [0, 0.1) is 13.8 Å². The van der Waals surface area contributed by atoms with E-state index in [0.717, 1.165) is 22.6 Å². The lowest BCUT2D eigenvalue weighted by molar-refractivity contribution is 0.386. The van der Waals surface area contributed by atoms with Crippen molar-refractivity contribution in [1.82, 2.24) is 15.0 Å². The third-order valence-electron chi connectivity index (χ3n) is 4.24. The normalized spacial score (nSPS) is 11.9. The van der Waals surface area contributed by atoms with Crippen LogP contribution < -0.4 is 13.7 Å². The van der Waals surface area contributed by atoms with Crippen LogP contribution in [-0.2, 0) is 11.4 Å². The molecule has 27 heavy (non-hydrogen) atoms. The van der Waals surface area contributed by atoms with Gasteiger partial charge in [-0.1, -0.05) is 5.21 Å². The Morgan fingerprint density at radius 3 is 2.44 bits per heavy atom. The monoisotopic (exact) mass is 389 g/mol. The second kappa shape index (κ2) is 7.77. The second-order valence-electron chi connectivity index (χ2n) is 5.79. The molecule has 0 spiro atoms. The standard InChI is InChI=1S/C18H19N3O5S/c1-11-7-14(9-17(25-4)12(11)2)21-15(10-19-20-21)13-5-6-16(24-3)18(8-13)26-27(22)23/h5-10H,1-4H3,(H,22,23). The summed E-state index contributed by atoms with van der Waals surface area (Å²) in [6, 6.07) is 8.90. The minimum atomic E-state index is -2.47. The molecule has 3 rings (SSSR count). The van der Waals surface area contributed by atoms with Crippen molar-refractivity contribution in [3.05, 3.63) is 47.7 Å². The number of rotatable bonds is 6. The van der Waals surface area contributed by atoms with Crippen molar-refractivity contribution in [2.75, 3.05) is 14.2 Å². The van der Waals surface area contributed by atoms with Gasteiger partial charge in [0.25, 0.3) is 0 Å². The first kappa shape index (κ1) is 18.9. The minimum absolute atomic E-state index is 0.140. The smallest absolute Gasteiger partial charge is 0.357 e. The first-order valence-electron chi connectivity index (χ1n) is 7.98. The van der Waals surface area contributed by atoms with Crippen molar-refractivity contribution in [2.45, 2.75) is 13.8 Å². The van der Waals surface area contributed by atoms with Crippen molar-refractivity contribution in [3.63, 3.8) is 0 Å². The van der Waals surface area contributed by atoms with E-state index in [9.17, 15) is 4.21 Å². The number of nitrogens with zero attached hydrogens (tertiary/aromatic N) is 3. The molecule has 142 valence electrons. The molecule has 1 aromatic heterocycles. The minimum Gasteiger partial charge on any atom is -0.496 e. The molecule has 3 aromatic rings. The fourth-order valence-corrected chi connectivity index (χ4v) is 3.03. The van der Waals surface area contributed by atoms with Crippen molar-refractivity contribution < 1.29 is 22.4 Å². The molecule has 9 heteroatoms. The summed E-state index contributed by atoms with van der Waals surface area (Å²) >= 11 is -2.47. The molecular weight excluding hydrogens is 370 g/mol. The Morgan fingerprint density at radius 2 is 1.78 bits per heavy atom. The Hall–Kier alpha value is -2.91. The molecule has 8 nitrogen and oxygen atoms in total. The molecule has 0 radical (unpaired) electrons. The number of hydrogen-bond acceptors (Lipinski definition) is 6. The number of aromatic nitrogens is 3. The number of methoxy groups -OCH3 is 2. The van der Waals surface area contributed by atoms with Gasteiger partial charge in [0.1, 0.15) is 5.75 Å². The maximum atomic E-state index is 11.1. The summed E-state index contributed by atoms with van der Waals surface area (Å²) in [4.78, 5) is 0. The highest BCUT2D eigenvalue weighted by Crippen LogP contribution is 2.34. The fourth-order valence-electron chi connectivity index (χ4n) is 2.74. The average molecular weight is 389 g/mol. The van der Waals surface area contributed by atoms with Gasteiger partial charge in [-0.25, -0.2) is 4.68 Å². The van der Waals surface area contributed by atoms with E-state index in [-0.39, 0.29) is 5.75 Å². The van der Waals surface area contributed by atoms with Crippen molar-refractivity contribution >= 4 is 11.4 Å². The van der Waals surface area contributed by atoms with E-state index < -0.39 is 11.4 Å². The molecule has 0 aliphatic heterocycles. The molecule has 0 saturated carbocycles. The average Bonchev–Trinajstić information content (AvgIpc) is 3.13. The quantitative estimate of drug-likeness (QED) is 0.647. The molecule has 0 saturated heterocycles. The third-order valence-corrected chi connectivity index (χ3v) is 4.56. The highest BCUT2D eigenvalue weighted by atomic mass is 32.2. The Labute approximate surface area is 159 Å². The highest BCUT2D eigenvalue weighted by molar-refractivity contribution is 7.74. The van der Waals surface area contributed by atoms with Gasteiger partial charge in [0.15, 0.2) is 11.5 Å². The SMILES string of the molecule is COc1ccc(-c2cnnn2-c2cc(C)c(C)c(OC)c2)cc1OS(=O)O. The summed E-state index contributed by atoms with van der Waals surface area (Å²) in [7, 11) is 3.07. The zero-order valence-corrected chi connectivity index (χ0v) is 16.1. The largest absolute Gasteiger partial charge is 0.496 e. The molecule has 1 N–H and O–H groups in total. The molecule has 0 bridgehead atoms. The molecule has 0 amide bonds. The summed E-state index contributed by atoms with van der Waals surface area (Å²) < 4.78 is 37.3. The van der Waals surface area contributed by atoms with Crippen molar-refractivity contribution in [2.24, 2.45) is 0 Å². The Bertz CT molecular complexity index is 1000. The molecule has 0 aliphatic rings. The van der Waals surface area contributed by atoms with Gasteiger partial charge in [-0.3, -0.25) is 4.55 Å². The van der Waals surface area contributed by atoms with Crippen LogP contribution in [0.3, 0.4) is 0 Å². The van der Waals surface area contributed by atoms with E-state index in [1.807, 2.05) is 26.0 Å². The first-order chi connectivity index (χ1) is 12.9. The fraction of sp³-hybridized carbons (Fsp3) is 0.222. The topological polar surface area (TPSA) is 95.7 Å².